The second kappa shape index (κ2) is 5.04. The van der Waals surface area contributed by atoms with E-state index in [1.807, 2.05) is 0 Å². The molecule has 90 valence electrons. The van der Waals surface area contributed by atoms with Crippen molar-refractivity contribution < 1.29 is 14.4 Å². The summed E-state index contributed by atoms with van der Waals surface area (Å²) in [6, 6.07) is 4.65. The van der Waals surface area contributed by atoms with E-state index in [9.17, 15) is 14.4 Å². The van der Waals surface area contributed by atoms with Crippen LogP contribution in [-0.4, -0.2) is 17.3 Å². The zero-order valence-corrected chi connectivity index (χ0v) is 10.5. The van der Waals surface area contributed by atoms with Gasteiger partial charge in [-0.1, -0.05) is 19.9 Å². The van der Waals surface area contributed by atoms with Crippen LogP contribution in [0.3, 0.4) is 0 Å². The van der Waals surface area contributed by atoms with Crippen LogP contribution in [0.4, 0.5) is 0 Å². The first kappa shape index (κ1) is 13.3. The minimum Gasteiger partial charge on any atom is -0.295 e. The summed E-state index contributed by atoms with van der Waals surface area (Å²) in [5.41, 5.74) is 1.19. The van der Waals surface area contributed by atoms with Gasteiger partial charge in [-0.05, 0) is 26.0 Å². The molecular formula is C14H16O3. The average Bonchev–Trinajstić information content (AvgIpc) is 2.26. The van der Waals surface area contributed by atoms with E-state index in [0.29, 0.717) is 16.7 Å². The van der Waals surface area contributed by atoms with Gasteiger partial charge in [0.05, 0.1) is 0 Å². The number of ketones is 3. The molecule has 0 aromatic heterocycles. The summed E-state index contributed by atoms with van der Waals surface area (Å²) in [6.07, 6.45) is 0. The summed E-state index contributed by atoms with van der Waals surface area (Å²) >= 11 is 0. The Bertz CT molecular complexity index is 484. The zero-order valence-electron chi connectivity index (χ0n) is 10.5. The van der Waals surface area contributed by atoms with E-state index in [4.69, 9.17) is 0 Å². The van der Waals surface area contributed by atoms with Crippen molar-refractivity contribution in [2.24, 2.45) is 5.92 Å². The second-order valence-electron chi connectivity index (χ2n) is 4.39. The molecule has 1 aromatic rings. The Labute approximate surface area is 101 Å². The Morgan fingerprint density at radius 3 is 1.94 bits per heavy atom. The van der Waals surface area contributed by atoms with E-state index in [2.05, 4.69) is 0 Å². The molecule has 1 rings (SSSR count). The van der Waals surface area contributed by atoms with Gasteiger partial charge in [-0.2, -0.15) is 0 Å². The van der Waals surface area contributed by atoms with Crippen LogP contribution >= 0.6 is 0 Å². The number of carbonyl (C=O) groups excluding carboxylic acids is 3. The maximum Gasteiger partial charge on any atom is 0.166 e. The molecule has 3 heteroatoms. The molecule has 0 saturated heterocycles. The standard InChI is InChI=1S/C14H16O3/c1-8(2)14(17)13-7-11(9(3)15)5-6-12(13)10(4)16/h5-8H,1-4H3. The molecule has 17 heavy (non-hydrogen) atoms. The molecule has 0 spiro atoms. The highest BCUT2D eigenvalue weighted by Gasteiger charge is 2.18. The fourth-order valence-corrected chi connectivity index (χ4v) is 1.59. The quantitative estimate of drug-likeness (QED) is 0.750. The molecule has 0 N–H and O–H groups in total. The van der Waals surface area contributed by atoms with Crippen molar-refractivity contribution >= 4 is 17.3 Å². The number of rotatable bonds is 4. The lowest BCUT2D eigenvalue weighted by Gasteiger charge is -2.10. The number of hydrogen-bond acceptors (Lipinski definition) is 3. The smallest absolute Gasteiger partial charge is 0.166 e. The molecule has 0 aliphatic rings. The third kappa shape index (κ3) is 2.87. The maximum absolute atomic E-state index is 12.0. The highest BCUT2D eigenvalue weighted by atomic mass is 16.1. The molecule has 0 aliphatic heterocycles. The largest absolute Gasteiger partial charge is 0.295 e. The zero-order chi connectivity index (χ0) is 13.2. The number of carbonyl (C=O) groups is 3. The molecule has 0 radical (unpaired) electrons. The van der Waals surface area contributed by atoms with Crippen LogP contribution in [0.15, 0.2) is 18.2 Å². The SMILES string of the molecule is CC(=O)c1ccc(C(C)=O)c(C(=O)C(C)C)c1. The Morgan fingerprint density at radius 1 is 0.941 bits per heavy atom. The predicted molar refractivity (Wildman–Crippen MR) is 65.6 cm³/mol. The molecule has 0 heterocycles. The van der Waals surface area contributed by atoms with E-state index < -0.39 is 0 Å². The number of benzene rings is 1. The van der Waals surface area contributed by atoms with Crippen LogP contribution in [0.1, 0.15) is 58.8 Å². The fraction of sp³-hybridized carbons (Fsp3) is 0.357. The summed E-state index contributed by atoms with van der Waals surface area (Å²) in [7, 11) is 0. The third-order valence-corrected chi connectivity index (χ3v) is 2.60. The first-order chi connectivity index (χ1) is 7.84. The van der Waals surface area contributed by atoms with Crippen LogP contribution in [0, 0.1) is 5.92 Å². The Hall–Kier alpha value is -1.77. The normalized spacial score (nSPS) is 10.4. The molecule has 3 nitrogen and oxygen atoms in total. The minimum absolute atomic E-state index is 0.113. The molecule has 0 saturated carbocycles. The first-order valence-corrected chi connectivity index (χ1v) is 5.54. The van der Waals surface area contributed by atoms with Gasteiger partial charge in [0.1, 0.15) is 0 Å². The fourth-order valence-electron chi connectivity index (χ4n) is 1.59. The third-order valence-electron chi connectivity index (χ3n) is 2.60. The van der Waals surface area contributed by atoms with Crippen LogP contribution in [0.25, 0.3) is 0 Å². The number of Topliss-reactive ketones (excluding diaryl/α,β-unsaturated/α-hetero) is 3. The van der Waals surface area contributed by atoms with Crippen molar-refractivity contribution in [1.82, 2.24) is 0 Å². The molecule has 0 unspecified atom stereocenters. The molecule has 0 bridgehead atoms. The summed E-state index contributed by atoms with van der Waals surface area (Å²) in [6.45, 7) is 6.39. The second-order valence-corrected chi connectivity index (χ2v) is 4.39. The number of hydrogen-bond donors (Lipinski definition) is 0. The van der Waals surface area contributed by atoms with Gasteiger partial charge >= 0.3 is 0 Å². The van der Waals surface area contributed by atoms with Crippen molar-refractivity contribution in [3.8, 4) is 0 Å². The Kier molecular flexibility index (Phi) is 3.94. The molecule has 1 aromatic carbocycles. The van der Waals surface area contributed by atoms with Crippen molar-refractivity contribution in [1.29, 1.82) is 0 Å². The lowest BCUT2D eigenvalue weighted by atomic mass is 9.92. The highest BCUT2D eigenvalue weighted by Crippen LogP contribution is 2.17. The van der Waals surface area contributed by atoms with Gasteiger partial charge in [0.15, 0.2) is 17.3 Å². The summed E-state index contributed by atoms with van der Waals surface area (Å²) in [5.74, 6) is -0.587. The predicted octanol–water partition coefficient (Wildman–Crippen LogP) is 2.93. The van der Waals surface area contributed by atoms with Gasteiger partial charge < -0.3 is 0 Å². The van der Waals surface area contributed by atoms with Crippen LogP contribution in [0.2, 0.25) is 0 Å². The van der Waals surface area contributed by atoms with Gasteiger partial charge in [0.2, 0.25) is 0 Å². The van der Waals surface area contributed by atoms with Gasteiger partial charge in [-0.3, -0.25) is 14.4 Å². The van der Waals surface area contributed by atoms with Crippen molar-refractivity contribution in [3.63, 3.8) is 0 Å². The van der Waals surface area contributed by atoms with Crippen molar-refractivity contribution in [2.45, 2.75) is 27.7 Å². The minimum atomic E-state index is -0.199. The lowest BCUT2D eigenvalue weighted by molar-refractivity contribution is 0.0926. The van der Waals surface area contributed by atoms with Gasteiger partial charge in [-0.15, -0.1) is 0 Å². The summed E-state index contributed by atoms with van der Waals surface area (Å²) < 4.78 is 0. The van der Waals surface area contributed by atoms with E-state index in [1.165, 1.54) is 19.9 Å². The topological polar surface area (TPSA) is 51.2 Å². The highest BCUT2D eigenvalue weighted by molar-refractivity contribution is 6.10. The molecule has 0 atom stereocenters. The van der Waals surface area contributed by atoms with Crippen LogP contribution in [-0.2, 0) is 0 Å². The molecule has 0 fully saturated rings. The maximum atomic E-state index is 12.0. The van der Waals surface area contributed by atoms with Gasteiger partial charge in [0, 0.05) is 22.6 Å². The van der Waals surface area contributed by atoms with Crippen LogP contribution in [0.5, 0.6) is 0 Å². The van der Waals surface area contributed by atoms with Crippen molar-refractivity contribution in [3.05, 3.63) is 34.9 Å². The molecule has 0 aliphatic carbocycles. The van der Waals surface area contributed by atoms with Crippen molar-refractivity contribution in [2.75, 3.05) is 0 Å². The van der Waals surface area contributed by atoms with E-state index in [1.54, 1.807) is 26.0 Å². The van der Waals surface area contributed by atoms with Gasteiger partial charge in [0.25, 0.3) is 0 Å². The Balaban J connectivity index is 3.40. The monoisotopic (exact) mass is 232 g/mol. The van der Waals surface area contributed by atoms with Crippen LogP contribution < -0.4 is 0 Å². The lowest BCUT2D eigenvalue weighted by Crippen LogP contribution is -2.13. The Morgan fingerprint density at radius 2 is 1.53 bits per heavy atom. The molecular weight excluding hydrogens is 216 g/mol. The average molecular weight is 232 g/mol. The van der Waals surface area contributed by atoms with E-state index in [-0.39, 0.29) is 23.3 Å². The summed E-state index contributed by atoms with van der Waals surface area (Å²) in [4.78, 5) is 34.7. The first-order valence-electron chi connectivity index (χ1n) is 5.54. The molecule has 0 amide bonds. The van der Waals surface area contributed by atoms with E-state index >= 15 is 0 Å². The summed E-state index contributed by atoms with van der Waals surface area (Å²) in [5, 5.41) is 0. The van der Waals surface area contributed by atoms with Gasteiger partial charge in [-0.25, -0.2) is 0 Å². The van der Waals surface area contributed by atoms with E-state index in [0.717, 1.165) is 0 Å².